The van der Waals surface area contributed by atoms with E-state index in [1.54, 1.807) is 19.0 Å². The Kier molecular flexibility index (Phi) is 3.65. The molecule has 0 aromatic rings. The van der Waals surface area contributed by atoms with Gasteiger partial charge in [0.05, 0.1) is 12.6 Å². The van der Waals surface area contributed by atoms with Crippen LogP contribution in [0.1, 0.15) is 6.42 Å². The van der Waals surface area contributed by atoms with Gasteiger partial charge >= 0.3 is 5.97 Å². The normalized spacial score (nSPS) is 26.0. The Bertz CT molecular complexity index is 267. The van der Waals surface area contributed by atoms with E-state index in [0.29, 0.717) is 0 Å². The number of likely N-dealkylation sites (N-methyl/N-ethyl adjacent to an activating group) is 1. The topological polar surface area (TPSA) is 81.1 Å². The zero-order valence-electron chi connectivity index (χ0n) is 8.88. The number of carboxylic acid groups (broad SMARTS) is 1. The van der Waals surface area contributed by atoms with Gasteiger partial charge in [-0.15, -0.1) is 0 Å². The minimum Gasteiger partial charge on any atom is -0.480 e. The predicted molar refractivity (Wildman–Crippen MR) is 52.3 cm³/mol. The molecule has 0 saturated carbocycles. The summed E-state index contributed by atoms with van der Waals surface area (Å²) >= 11 is 0. The summed E-state index contributed by atoms with van der Waals surface area (Å²) in [5, 5.41) is 18.2. The first-order chi connectivity index (χ1) is 6.91. The van der Waals surface area contributed by atoms with Crippen LogP contribution in [0.2, 0.25) is 0 Å². The van der Waals surface area contributed by atoms with Crippen molar-refractivity contribution in [2.45, 2.75) is 18.6 Å². The van der Waals surface area contributed by atoms with Gasteiger partial charge in [-0.3, -0.25) is 4.79 Å². The van der Waals surface area contributed by atoms with Crippen LogP contribution in [-0.4, -0.2) is 71.2 Å². The number of carboxylic acids is 1. The van der Waals surface area contributed by atoms with E-state index in [0.717, 1.165) is 0 Å². The molecule has 1 rings (SSSR count). The number of aliphatic hydroxyl groups excluding tert-OH is 1. The molecule has 0 spiro atoms. The molecular weight excluding hydrogens is 200 g/mol. The number of β-amino-alcohol motifs (C(OH)–C–C–N with tert-alkyl or cyclic N) is 1. The van der Waals surface area contributed by atoms with E-state index in [2.05, 4.69) is 0 Å². The molecule has 0 bridgehead atoms. The van der Waals surface area contributed by atoms with Crippen molar-refractivity contribution in [1.29, 1.82) is 0 Å². The molecule has 6 heteroatoms. The Hall–Kier alpha value is -1.14. The zero-order chi connectivity index (χ0) is 11.6. The van der Waals surface area contributed by atoms with Crippen LogP contribution < -0.4 is 0 Å². The molecule has 1 amide bonds. The van der Waals surface area contributed by atoms with Crippen molar-refractivity contribution >= 4 is 11.9 Å². The molecule has 0 aromatic carbocycles. The molecule has 2 N–H and O–H groups in total. The summed E-state index contributed by atoms with van der Waals surface area (Å²) in [6, 6.07) is -0.882. The van der Waals surface area contributed by atoms with Gasteiger partial charge in [0.1, 0.15) is 6.04 Å². The smallest absolute Gasteiger partial charge is 0.326 e. The van der Waals surface area contributed by atoms with Gasteiger partial charge in [-0.05, 0) is 14.1 Å². The Morgan fingerprint density at radius 2 is 2.07 bits per heavy atom. The molecule has 0 aromatic heterocycles. The third-order valence-electron chi connectivity index (χ3n) is 2.34. The van der Waals surface area contributed by atoms with Gasteiger partial charge in [0, 0.05) is 13.0 Å². The molecular formula is C9H16N2O4. The van der Waals surface area contributed by atoms with Crippen LogP contribution in [0.15, 0.2) is 0 Å². The summed E-state index contributed by atoms with van der Waals surface area (Å²) in [6.45, 7) is 0.278. The first kappa shape index (κ1) is 11.9. The summed E-state index contributed by atoms with van der Waals surface area (Å²) in [5.74, 6) is -1.32. The number of hydrogen-bond donors (Lipinski definition) is 2. The molecule has 0 aliphatic carbocycles. The number of hydrogen-bond acceptors (Lipinski definition) is 4. The van der Waals surface area contributed by atoms with Crippen molar-refractivity contribution in [2.24, 2.45) is 0 Å². The molecule has 15 heavy (non-hydrogen) atoms. The monoisotopic (exact) mass is 216 g/mol. The van der Waals surface area contributed by atoms with Gasteiger partial charge in [-0.25, -0.2) is 4.79 Å². The molecule has 86 valence electrons. The van der Waals surface area contributed by atoms with Crippen LogP contribution in [-0.2, 0) is 9.59 Å². The second kappa shape index (κ2) is 4.59. The lowest BCUT2D eigenvalue weighted by atomic mass is 10.2. The zero-order valence-corrected chi connectivity index (χ0v) is 8.88. The highest BCUT2D eigenvalue weighted by Crippen LogP contribution is 2.18. The van der Waals surface area contributed by atoms with Gasteiger partial charge in [-0.2, -0.15) is 0 Å². The van der Waals surface area contributed by atoms with Gasteiger partial charge in [0.15, 0.2) is 0 Å². The molecule has 1 fully saturated rings. The van der Waals surface area contributed by atoms with E-state index in [1.807, 2.05) is 0 Å². The second-order valence-corrected chi connectivity index (χ2v) is 4.03. The highest BCUT2D eigenvalue weighted by molar-refractivity contribution is 5.85. The fourth-order valence-corrected chi connectivity index (χ4v) is 1.68. The lowest BCUT2D eigenvalue weighted by Crippen LogP contribution is -2.44. The van der Waals surface area contributed by atoms with Crippen LogP contribution in [0.25, 0.3) is 0 Å². The van der Waals surface area contributed by atoms with Gasteiger partial charge in [-0.1, -0.05) is 0 Å². The highest BCUT2D eigenvalue weighted by Gasteiger charge is 2.38. The second-order valence-electron chi connectivity index (χ2n) is 4.03. The number of amides is 1. The summed E-state index contributed by atoms with van der Waals surface area (Å²) in [7, 11) is 3.47. The number of nitrogens with zero attached hydrogens (tertiary/aromatic N) is 2. The third kappa shape index (κ3) is 2.90. The molecule has 1 aliphatic heterocycles. The Morgan fingerprint density at radius 1 is 1.47 bits per heavy atom. The van der Waals surface area contributed by atoms with Crippen molar-refractivity contribution < 1.29 is 19.8 Å². The number of likely N-dealkylation sites (tertiary alicyclic amines) is 1. The molecule has 6 nitrogen and oxygen atoms in total. The maximum Gasteiger partial charge on any atom is 0.326 e. The number of carbonyl (C=O) groups is 2. The van der Waals surface area contributed by atoms with Crippen LogP contribution in [0, 0.1) is 0 Å². The van der Waals surface area contributed by atoms with Crippen molar-refractivity contribution in [3.05, 3.63) is 0 Å². The van der Waals surface area contributed by atoms with Crippen LogP contribution in [0.5, 0.6) is 0 Å². The standard InChI is InChI=1S/C9H16N2O4/c1-10(2)5-8(13)11-4-6(12)3-7(11)9(14)15/h6-7,12H,3-5H2,1-2H3,(H,14,15)/t6?,7-/m0/s1. The van der Waals surface area contributed by atoms with E-state index < -0.39 is 18.1 Å². The van der Waals surface area contributed by atoms with Gasteiger partial charge in [0.25, 0.3) is 0 Å². The Morgan fingerprint density at radius 3 is 2.53 bits per heavy atom. The third-order valence-corrected chi connectivity index (χ3v) is 2.34. The number of aliphatic hydroxyl groups is 1. The summed E-state index contributed by atoms with van der Waals surface area (Å²) < 4.78 is 0. The fraction of sp³-hybridized carbons (Fsp3) is 0.778. The minimum atomic E-state index is -1.06. The average molecular weight is 216 g/mol. The fourth-order valence-electron chi connectivity index (χ4n) is 1.68. The minimum absolute atomic E-state index is 0.115. The van der Waals surface area contributed by atoms with E-state index in [4.69, 9.17) is 5.11 Å². The molecule has 1 saturated heterocycles. The molecule has 0 radical (unpaired) electrons. The van der Waals surface area contributed by atoms with Crippen LogP contribution in [0.4, 0.5) is 0 Å². The first-order valence-electron chi connectivity index (χ1n) is 4.77. The Balaban J connectivity index is 2.66. The largest absolute Gasteiger partial charge is 0.480 e. The SMILES string of the molecule is CN(C)CC(=O)N1CC(O)C[C@H]1C(=O)O. The van der Waals surface area contributed by atoms with Gasteiger partial charge in [0.2, 0.25) is 5.91 Å². The Labute approximate surface area is 88.1 Å². The first-order valence-corrected chi connectivity index (χ1v) is 4.77. The summed E-state index contributed by atoms with van der Waals surface area (Å²) in [4.78, 5) is 25.4. The summed E-state index contributed by atoms with van der Waals surface area (Å²) in [6.07, 6.45) is -0.605. The molecule has 1 heterocycles. The molecule has 1 unspecified atom stereocenters. The lowest BCUT2D eigenvalue weighted by Gasteiger charge is -2.22. The molecule has 1 aliphatic rings. The van der Waals surface area contributed by atoms with Crippen molar-refractivity contribution in [2.75, 3.05) is 27.2 Å². The van der Waals surface area contributed by atoms with Crippen molar-refractivity contribution in [1.82, 2.24) is 9.80 Å². The maximum atomic E-state index is 11.6. The van der Waals surface area contributed by atoms with Gasteiger partial charge < -0.3 is 20.0 Å². The number of rotatable bonds is 3. The number of carbonyl (C=O) groups excluding carboxylic acids is 1. The number of aliphatic carboxylic acids is 1. The summed E-state index contributed by atoms with van der Waals surface area (Å²) in [5.41, 5.74) is 0. The lowest BCUT2D eigenvalue weighted by molar-refractivity contribution is -0.148. The molecule has 2 atom stereocenters. The van der Waals surface area contributed by atoms with E-state index in [1.165, 1.54) is 4.90 Å². The van der Waals surface area contributed by atoms with E-state index in [-0.39, 0.29) is 25.4 Å². The van der Waals surface area contributed by atoms with Crippen LogP contribution >= 0.6 is 0 Å². The van der Waals surface area contributed by atoms with E-state index in [9.17, 15) is 14.7 Å². The quantitative estimate of drug-likeness (QED) is 0.606. The van der Waals surface area contributed by atoms with E-state index >= 15 is 0 Å². The van der Waals surface area contributed by atoms with Crippen molar-refractivity contribution in [3.8, 4) is 0 Å². The highest BCUT2D eigenvalue weighted by atomic mass is 16.4. The van der Waals surface area contributed by atoms with Crippen LogP contribution in [0.3, 0.4) is 0 Å². The predicted octanol–water partition coefficient (Wildman–Crippen LogP) is -1.41. The average Bonchev–Trinajstić information content (AvgIpc) is 2.46. The van der Waals surface area contributed by atoms with Crippen molar-refractivity contribution in [3.63, 3.8) is 0 Å². The maximum absolute atomic E-state index is 11.6.